The molecule has 0 aliphatic rings. The summed E-state index contributed by atoms with van der Waals surface area (Å²) in [7, 11) is 0. The molecule has 0 aromatic heterocycles. The molecule has 0 radical (unpaired) electrons. The van der Waals surface area contributed by atoms with E-state index in [-0.39, 0.29) is 18.7 Å². The quantitative estimate of drug-likeness (QED) is 0.480. The van der Waals surface area contributed by atoms with Crippen LogP contribution in [0, 0.1) is 17.7 Å². The van der Waals surface area contributed by atoms with Crippen molar-refractivity contribution in [3.05, 3.63) is 35.6 Å². The highest BCUT2D eigenvalue weighted by Crippen LogP contribution is 2.03. The van der Waals surface area contributed by atoms with Crippen LogP contribution in [-0.2, 0) is 14.3 Å². The predicted octanol–water partition coefficient (Wildman–Crippen LogP) is 0.856. The van der Waals surface area contributed by atoms with E-state index in [1.54, 1.807) is 19.1 Å². The summed E-state index contributed by atoms with van der Waals surface area (Å²) in [6.07, 6.45) is 0. The number of rotatable bonds is 2. The number of halogens is 1. The molecule has 0 spiro atoms. The Labute approximate surface area is 104 Å². The second kappa shape index (κ2) is 7.07. The maximum absolute atomic E-state index is 13.1. The fraction of sp³-hybridized carbons (Fsp3) is 0.231. The lowest BCUT2D eigenvalue weighted by Gasteiger charge is -2.00. The molecule has 1 aromatic carbocycles. The van der Waals surface area contributed by atoms with Crippen LogP contribution >= 0.6 is 0 Å². The van der Waals surface area contributed by atoms with Crippen LogP contribution in [-0.4, -0.2) is 25.0 Å². The molecule has 18 heavy (non-hydrogen) atoms. The van der Waals surface area contributed by atoms with Gasteiger partial charge in [-0.25, -0.2) is 9.18 Å². The molecule has 0 bridgehead atoms. The number of amides is 1. The van der Waals surface area contributed by atoms with Crippen LogP contribution < -0.4 is 5.32 Å². The summed E-state index contributed by atoms with van der Waals surface area (Å²) in [5, 5.41) is 2.25. The van der Waals surface area contributed by atoms with Gasteiger partial charge in [0.2, 0.25) is 0 Å². The van der Waals surface area contributed by atoms with Gasteiger partial charge in [0.15, 0.2) is 0 Å². The standard InChI is InChI=1S/C13H12FNO3/c1-2-18-13(17)12(16)15-9-5-7-10-6-3-4-8-11(10)14/h3-4,6,8H,2,9H2,1H3,(H,15,16). The lowest BCUT2D eigenvalue weighted by molar-refractivity contribution is -0.154. The number of nitrogens with one attached hydrogen (secondary N) is 1. The average molecular weight is 249 g/mol. The van der Waals surface area contributed by atoms with E-state index < -0.39 is 17.7 Å². The van der Waals surface area contributed by atoms with Gasteiger partial charge in [-0.3, -0.25) is 4.79 Å². The van der Waals surface area contributed by atoms with Crippen molar-refractivity contribution in [2.24, 2.45) is 0 Å². The molecule has 1 rings (SSSR count). The molecule has 0 aliphatic carbocycles. The average Bonchev–Trinajstić information content (AvgIpc) is 2.36. The molecule has 1 amide bonds. The number of hydrogen-bond acceptors (Lipinski definition) is 3. The molecule has 5 heteroatoms. The summed E-state index contributed by atoms with van der Waals surface area (Å²) in [5.41, 5.74) is 0.239. The molecular weight excluding hydrogens is 237 g/mol. The molecule has 0 saturated carbocycles. The Morgan fingerprint density at radius 3 is 2.78 bits per heavy atom. The van der Waals surface area contributed by atoms with Crippen LogP contribution in [0.15, 0.2) is 24.3 Å². The predicted molar refractivity (Wildman–Crippen MR) is 62.9 cm³/mol. The Hall–Kier alpha value is -2.35. The molecule has 94 valence electrons. The summed E-state index contributed by atoms with van der Waals surface area (Å²) in [6, 6.07) is 6.03. The topological polar surface area (TPSA) is 55.4 Å². The molecule has 1 aromatic rings. The largest absolute Gasteiger partial charge is 0.459 e. The van der Waals surface area contributed by atoms with Crippen molar-refractivity contribution in [2.75, 3.05) is 13.2 Å². The van der Waals surface area contributed by atoms with E-state index in [9.17, 15) is 14.0 Å². The van der Waals surface area contributed by atoms with E-state index >= 15 is 0 Å². The number of benzene rings is 1. The van der Waals surface area contributed by atoms with E-state index in [0.29, 0.717) is 0 Å². The molecule has 0 fully saturated rings. The molecule has 0 heterocycles. The Bertz CT molecular complexity index is 502. The number of esters is 1. The summed E-state index contributed by atoms with van der Waals surface area (Å²) in [4.78, 5) is 22.0. The molecular formula is C13H12FNO3. The Kier molecular flexibility index (Phi) is 5.39. The minimum absolute atomic E-state index is 0.0496. The van der Waals surface area contributed by atoms with Crippen molar-refractivity contribution >= 4 is 11.9 Å². The first-order chi connectivity index (χ1) is 8.65. The third-order valence-electron chi connectivity index (χ3n) is 1.90. The summed E-state index contributed by atoms with van der Waals surface area (Å²) < 4.78 is 17.6. The van der Waals surface area contributed by atoms with Gasteiger partial charge in [0.1, 0.15) is 5.82 Å². The number of carbonyl (C=O) groups is 2. The first-order valence-corrected chi connectivity index (χ1v) is 5.33. The SMILES string of the molecule is CCOC(=O)C(=O)NCC#Cc1ccccc1F. The van der Waals surface area contributed by atoms with Crippen LogP contribution in [0.3, 0.4) is 0 Å². The van der Waals surface area contributed by atoms with E-state index in [0.717, 1.165) is 0 Å². The third kappa shape index (κ3) is 4.26. The molecule has 0 saturated heterocycles. The van der Waals surface area contributed by atoms with E-state index in [1.165, 1.54) is 12.1 Å². The summed E-state index contributed by atoms with van der Waals surface area (Å²) >= 11 is 0. The summed E-state index contributed by atoms with van der Waals surface area (Å²) in [5.74, 6) is 2.84. The van der Waals surface area contributed by atoms with Crippen LogP contribution in [0.5, 0.6) is 0 Å². The van der Waals surface area contributed by atoms with Gasteiger partial charge in [-0.2, -0.15) is 0 Å². The lowest BCUT2D eigenvalue weighted by atomic mass is 10.2. The molecule has 0 atom stereocenters. The number of hydrogen-bond donors (Lipinski definition) is 1. The van der Waals surface area contributed by atoms with Gasteiger partial charge in [-0.1, -0.05) is 24.0 Å². The minimum atomic E-state index is -0.954. The van der Waals surface area contributed by atoms with Gasteiger partial charge in [0, 0.05) is 0 Å². The van der Waals surface area contributed by atoms with E-state index in [2.05, 4.69) is 21.9 Å². The van der Waals surface area contributed by atoms with Crippen molar-refractivity contribution < 1.29 is 18.7 Å². The van der Waals surface area contributed by atoms with Gasteiger partial charge >= 0.3 is 11.9 Å². The molecule has 0 unspecified atom stereocenters. The maximum atomic E-state index is 13.1. The van der Waals surface area contributed by atoms with Gasteiger partial charge in [0.05, 0.1) is 18.7 Å². The minimum Gasteiger partial charge on any atom is -0.459 e. The molecule has 0 aliphatic heterocycles. The highest BCUT2D eigenvalue weighted by molar-refractivity contribution is 6.32. The van der Waals surface area contributed by atoms with Crippen molar-refractivity contribution in [2.45, 2.75) is 6.92 Å². The Morgan fingerprint density at radius 2 is 2.11 bits per heavy atom. The first-order valence-electron chi connectivity index (χ1n) is 5.33. The fourth-order valence-electron chi connectivity index (χ4n) is 1.10. The van der Waals surface area contributed by atoms with Gasteiger partial charge in [-0.05, 0) is 19.1 Å². The van der Waals surface area contributed by atoms with Gasteiger partial charge in [-0.15, -0.1) is 0 Å². The fourth-order valence-corrected chi connectivity index (χ4v) is 1.10. The van der Waals surface area contributed by atoms with E-state index in [4.69, 9.17) is 0 Å². The Morgan fingerprint density at radius 1 is 1.39 bits per heavy atom. The third-order valence-corrected chi connectivity index (χ3v) is 1.90. The van der Waals surface area contributed by atoms with Crippen LogP contribution in [0.1, 0.15) is 12.5 Å². The van der Waals surface area contributed by atoms with Crippen LogP contribution in [0.4, 0.5) is 4.39 Å². The highest BCUT2D eigenvalue weighted by Gasteiger charge is 2.12. The zero-order valence-electron chi connectivity index (χ0n) is 9.83. The molecule has 1 N–H and O–H groups in total. The van der Waals surface area contributed by atoms with Crippen LogP contribution in [0.25, 0.3) is 0 Å². The normalized spacial score (nSPS) is 9.00. The number of carbonyl (C=O) groups excluding carboxylic acids is 2. The monoisotopic (exact) mass is 249 g/mol. The second-order valence-electron chi connectivity index (χ2n) is 3.18. The van der Waals surface area contributed by atoms with Crippen LogP contribution in [0.2, 0.25) is 0 Å². The van der Waals surface area contributed by atoms with Crippen molar-refractivity contribution in [1.82, 2.24) is 5.32 Å². The maximum Gasteiger partial charge on any atom is 0.396 e. The van der Waals surface area contributed by atoms with Gasteiger partial charge < -0.3 is 10.1 Å². The zero-order chi connectivity index (χ0) is 13.4. The molecule has 4 nitrogen and oxygen atoms in total. The van der Waals surface area contributed by atoms with Crippen molar-refractivity contribution in [3.8, 4) is 11.8 Å². The van der Waals surface area contributed by atoms with Crippen molar-refractivity contribution in [1.29, 1.82) is 0 Å². The highest BCUT2D eigenvalue weighted by atomic mass is 19.1. The van der Waals surface area contributed by atoms with Gasteiger partial charge in [0.25, 0.3) is 0 Å². The van der Waals surface area contributed by atoms with E-state index in [1.807, 2.05) is 0 Å². The number of ether oxygens (including phenoxy) is 1. The second-order valence-corrected chi connectivity index (χ2v) is 3.18. The smallest absolute Gasteiger partial charge is 0.396 e. The Balaban J connectivity index is 2.46. The summed E-state index contributed by atoms with van der Waals surface area (Å²) in [6.45, 7) is 1.68. The zero-order valence-corrected chi connectivity index (χ0v) is 9.83. The van der Waals surface area contributed by atoms with Crippen molar-refractivity contribution in [3.63, 3.8) is 0 Å². The lowest BCUT2D eigenvalue weighted by Crippen LogP contribution is -2.32. The first kappa shape index (κ1) is 13.7.